The Morgan fingerprint density at radius 3 is 1.22 bits per heavy atom. The Balaban J connectivity index is 1.06. The highest BCUT2D eigenvalue weighted by molar-refractivity contribution is 5.60. The summed E-state index contributed by atoms with van der Waals surface area (Å²) in [6.07, 6.45) is 23.2. The van der Waals surface area contributed by atoms with E-state index in [0.717, 1.165) is 23.0 Å². The maximum Gasteiger partial charge on any atom is 0.127 e. The van der Waals surface area contributed by atoms with Crippen LogP contribution >= 0.6 is 0 Å². The lowest BCUT2D eigenvalue weighted by atomic mass is 9.72. The summed E-state index contributed by atoms with van der Waals surface area (Å²) in [4.78, 5) is 0. The molecular weight excluding hydrogens is 609 g/mol. The van der Waals surface area contributed by atoms with E-state index >= 15 is 0 Å². The average molecular weight is 651 g/mol. The molecular formula is C48H42O2. The Kier molecular flexibility index (Phi) is 8.69. The van der Waals surface area contributed by atoms with E-state index in [9.17, 15) is 0 Å². The number of para-hydroxylation sites is 2. The Labute approximate surface area is 296 Å². The van der Waals surface area contributed by atoms with Crippen LogP contribution in [0.4, 0.5) is 0 Å². The van der Waals surface area contributed by atoms with Gasteiger partial charge in [0.25, 0.3) is 0 Å². The fourth-order valence-corrected chi connectivity index (χ4v) is 8.41. The van der Waals surface area contributed by atoms with Gasteiger partial charge in [-0.2, -0.15) is 0 Å². The number of allylic oxidation sites excluding steroid dienone is 16. The van der Waals surface area contributed by atoms with Crippen LogP contribution in [0.25, 0.3) is 0 Å². The second kappa shape index (κ2) is 13.7. The van der Waals surface area contributed by atoms with Gasteiger partial charge in [0.1, 0.15) is 23.0 Å². The molecule has 0 saturated heterocycles. The van der Waals surface area contributed by atoms with E-state index in [2.05, 4.69) is 130 Å². The normalized spacial score (nSPS) is 22.8. The SMILES string of the molecule is CC1=CC2=C(C=CC=CC2c2ccc(Oc3ccccc3)cc2)C1C(C)C1C(C)=CC2=C1C=CC=CC2c1ccc(Oc2ccccc2)cc1. The second-order valence-corrected chi connectivity index (χ2v) is 13.8. The zero-order chi connectivity index (χ0) is 34.0. The molecule has 8 rings (SSSR count). The van der Waals surface area contributed by atoms with Crippen LogP contribution in [0.3, 0.4) is 0 Å². The molecule has 0 spiro atoms. The molecule has 4 aromatic carbocycles. The molecule has 0 radical (unpaired) electrons. The largest absolute Gasteiger partial charge is 0.457 e. The van der Waals surface area contributed by atoms with Gasteiger partial charge in [0.2, 0.25) is 0 Å². The number of benzene rings is 4. The highest BCUT2D eigenvalue weighted by atomic mass is 16.5. The first-order valence-electron chi connectivity index (χ1n) is 17.7. The fraction of sp³-hybridized carbons (Fsp3) is 0.167. The molecule has 2 heteroatoms. The maximum absolute atomic E-state index is 6.10. The molecule has 4 aliphatic rings. The molecule has 0 heterocycles. The second-order valence-electron chi connectivity index (χ2n) is 13.8. The molecule has 0 fully saturated rings. The molecule has 4 aromatic rings. The Bertz CT molecular complexity index is 1960. The van der Waals surface area contributed by atoms with Gasteiger partial charge in [-0.05, 0) is 102 Å². The van der Waals surface area contributed by atoms with Crippen molar-refractivity contribution in [1.82, 2.24) is 0 Å². The molecule has 4 unspecified atom stereocenters. The number of rotatable bonds is 8. The quantitative estimate of drug-likeness (QED) is 0.189. The lowest BCUT2D eigenvalue weighted by molar-refractivity contribution is 0.389. The minimum atomic E-state index is 0.188. The van der Waals surface area contributed by atoms with Crippen molar-refractivity contribution in [2.45, 2.75) is 32.6 Å². The minimum Gasteiger partial charge on any atom is -0.457 e. The molecule has 4 atom stereocenters. The maximum atomic E-state index is 6.10. The molecule has 0 aliphatic heterocycles. The van der Waals surface area contributed by atoms with Crippen molar-refractivity contribution in [1.29, 1.82) is 0 Å². The predicted octanol–water partition coefficient (Wildman–Crippen LogP) is 12.8. The summed E-state index contributed by atoms with van der Waals surface area (Å²) in [7, 11) is 0. The Morgan fingerprint density at radius 2 is 0.820 bits per heavy atom. The molecule has 0 bridgehead atoms. The third kappa shape index (κ3) is 6.18. The number of hydrogen-bond acceptors (Lipinski definition) is 2. The van der Waals surface area contributed by atoms with Crippen LogP contribution in [0.5, 0.6) is 23.0 Å². The summed E-state index contributed by atoms with van der Waals surface area (Å²) >= 11 is 0. The molecule has 0 amide bonds. The van der Waals surface area contributed by atoms with Crippen LogP contribution in [0, 0.1) is 17.8 Å². The number of ether oxygens (including phenoxy) is 2. The van der Waals surface area contributed by atoms with Crippen LogP contribution in [0.1, 0.15) is 43.7 Å². The van der Waals surface area contributed by atoms with Crippen molar-refractivity contribution in [3.05, 3.63) is 215 Å². The van der Waals surface area contributed by atoms with Crippen LogP contribution in [-0.4, -0.2) is 0 Å². The fourth-order valence-electron chi connectivity index (χ4n) is 8.41. The standard InChI is InChI=1S/C48H42O2/c1-32-30-45-41(35-22-26-39(27-23-35)49-37-14-6-4-7-15-37)18-10-12-20-43(45)47(32)34(3)48-33(2)31-46-42(19-11-13-21-44(46)48)36-24-28-40(29-25-36)50-38-16-8-5-9-17-38/h4-31,34,41-42,47-48H,1-3H3. The van der Waals surface area contributed by atoms with E-state index in [-0.39, 0.29) is 11.8 Å². The smallest absolute Gasteiger partial charge is 0.127 e. The van der Waals surface area contributed by atoms with Crippen LogP contribution in [-0.2, 0) is 0 Å². The van der Waals surface area contributed by atoms with E-state index in [1.807, 2.05) is 60.7 Å². The summed E-state index contributed by atoms with van der Waals surface area (Å²) in [5, 5.41) is 0. The monoisotopic (exact) mass is 650 g/mol. The summed E-state index contributed by atoms with van der Waals surface area (Å²) in [5.74, 6) is 4.83. The van der Waals surface area contributed by atoms with Gasteiger partial charge in [-0.15, -0.1) is 0 Å². The Morgan fingerprint density at radius 1 is 0.440 bits per heavy atom. The summed E-state index contributed by atoms with van der Waals surface area (Å²) in [5.41, 5.74) is 11.1. The zero-order valence-electron chi connectivity index (χ0n) is 28.9. The minimum absolute atomic E-state index is 0.188. The predicted molar refractivity (Wildman–Crippen MR) is 206 cm³/mol. The number of hydrogen-bond donors (Lipinski definition) is 0. The van der Waals surface area contributed by atoms with E-state index in [1.165, 1.54) is 44.6 Å². The van der Waals surface area contributed by atoms with E-state index in [1.54, 1.807) is 0 Å². The first-order valence-corrected chi connectivity index (χ1v) is 17.7. The van der Waals surface area contributed by atoms with Gasteiger partial charge in [0.15, 0.2) is 0 Å². The van der Waals surface area contributed by atoms with Crippen molar-refractivity contribution in [3.63, 3.8) is 0 Å². The van der Waals surface area contributed by atoms with Gasteiger partial charge < -0.3 is 9.47 Å². The lowest BCUT2D eigenvalue weighted by Crippen LogP contribution is -2.23. The van der Waals surface area contributed by atoms with E-state index < -0.39 is 0 Å². The third-order valence-electron chi connectivity index (χ3n) is 10.6. The van der Waals surface area contributed by atoms with Crippen molar-refractivity contribution in [3.8, 4) is 23.0 Å². The first-order chi connectivity index (χ1) is 24.5. The molecule has 0 saturated carbocycles. The highest BCUT2D eigenvalue weighted by Crippen LogP contribution is 2.52. The van der Waals surface area contributed by atoms with Crippen molar-refractivity contribution >= 4 is 0 Å². The molecule has 0 aromatic heterocycles. The van der Waals surface area contributed by atoms with Crippen molar-refractivity contribution in [2.75, 3.05) is 0 Å². The molecule has 2 nitrogen and oxygen atoms in total. The van der Waals surface area contributed by atoms with Crippen LogP contribution < -0.4 is 9.47 Å². The van der Waals surface area contributed by atoms with E-state index in [0.29, 0.717) is 17.8 Å². The Hall–Kier alpha value is -5.60. The summed E-state index contributed by atoms with van der Waals surface area (Å²) < 4.78 is 12.2. The van der Waals surface area contributed by atoms with Gasteiger partial charge in [0, 0.05) is 23.7 Å². The summed E-state index contributed by atoms with van der Waals surface area (Å²) in [6.45, 7) is 7.12. The molecule has 0 N–H and O–H groups in total. The lowest BCUT2D eigenvalue weighted by Gasteiger charge is -2.32. The van der Waals surface area contributed by atoms with Gasteiger partial charge >= 0.3 is 0 Å². The molecule has 4 aliphatic carbocycles. The van der Waals surface area contributed by atoms with Gasteiger partial charge in [-0.1, -0.05) is 139 Å². The van der Waals surface area contributed by atoms with Gasteiger partial charge in [-0.25, -0.2) is 0 Å². The van der Waals surface area contributed by atoms with Crippen molar-refractivity contribution in [2.24, 2.45) is 17.8 Å². The van der Waals surface area contributed by atoms with Crippen LogP contribution in [0.15, 0.2) is 203 Å². The zero-order valence-corrected chi connectivity index (χ0v) is 28.9. The third-order valence-corrected chi connectivity index (χ3v) is 10.6. The van der Waals surface area contributed by atoms with Crippen LogP contribution in [0.2, 0.25) is 0 Å². The highest BCUT2D eigenvalue weighted by Gasteiger charge is 2.40. The topological polar surface area (TPSA) is 18.5 Å². The molecule has 246 valence electrons. The van der Waals surface area contributed by atoms with Gasteiger partial charge in [-0.3, -0.25) is 0 Å². The molecule has 50 heavy (non-hydrogen) atoms. The first kappa shape index (κ1) is 31.7. The van der Waals surface area contributed by atoms with Gasteiger partial charge in [0.05, 0.1) is 0 Å². The van der Waals surface area contributed by atoms with E-state index in [4.69, 9.17) is 9.47 Å². The summed E-state index contributed by atoms with van der Waals surface area (Å²) in [6, 6.07) is 37.2. The van der Waals surface area contributed by atoms with Crippen molar-refractivity contribution < 1.29 is 9.47 Å². The average Bonchev–Trinajstić information content (AvgIpc) is 3.45.